The Balaban J connectivity index is 1.59. The molecule has 0 saturated carbocycles. The number of thiophene rings is 1. The molecular formula is C25H18N2O3S2. The number of aromatic nitrogens is 1. The monoisotopic (exact) mass is 458 g/mol. The van der Waals surface area contributed by atoms with E-state index in [2.05, 4.69) is 26.0 Å². The average Bonchev–Trinajstić information content (AvgIpc) is 3.51. The fourth-order valence-corrected chi connectivity index (χ4v) is 6.09. The van der Waals surface area contributed by atoms with Crippen molar-refractivity contribution < 1.29 is 9.21 Å². The molecule has 0 bridgehead atoms. The zero-order chi connectivity index (χ0) is 22.0. The predicted molar refractivity (Wildman–Crippen MR) is 129 cm³/mol. The van der Waals surface area contributed by atoms with Gasteiger partial charge in [-0.05, 0) is 47.2 Å². The number of benzene rings is 2. The first-order valence-electron chi connectivity index (χ1n) is 10.4. The van der Waals surface area contributed by atoms with Crippen LogP contribution in [0.3, 0.4) is 0 Å². The second-order valence-corrected chi connectivity index (χ2v) is 10.1. The van der Waals surface area contributed by atoms with Gasteiger partial charge in [0.15, 0.2) is 10.6 Å². The maximum atomic E-state index is 13.6. The first-order chi connectivity index (χ1) is 15.5. The van der Waals surface area contributed by atoms with Gasteiger partial charge in [0.1, 0.15) is 11.6 Å². The molecule has 1 aliphatic rings. The van der Waals surface area contributed by atoms with Crippen LogP contribution < -0.4 is 10.3 Å². The SMILES string of the molecule is CC(C)c1ccc2nc(N3C(=O)c4oc5ccccc5c(=O)c4C3c3cccs3)sc2c1. The number of hydrogen-bond acceptors (Lipinski definition) is 6. The molecule has 0 spiro atoms. The largest absolute Gasteiger partial charge is 0.450 e. The molecule has 0 saturated heterocycles. The van der Waals surface area contributed by atoms with Crippen LogP contribution in [0, 0.1) is 0 Å². The van der Waals surface area contributed by atoms with Crippen LogP contribution in [-0.2, 0) is 0 Å². The summed E-state index contributed by atoms with van der Waals surface area (Å²) in [5, 5.41) is 3.00. The number of anilines is 1. The van der Waals surface area contributed by atoms with Gasteiger partial charge >= 0.3 is 0 Å². The molecule has 2 aromatic carbocycles. The van der Waals surface area contributed by atoms with Crippen LogP contribution in [0.1, 0.15) is 52.4 Å². The number of hydrogen-bond donors (Lipinski definition) is 0. The molecule has 6 rings (SSSR count). The van der Waals surface area contributed by atoms with Crippen molar-refractivity contribution in [3.8, 4) is 0 Å². The lowest BCUT2D eigenvalue weighted by atomic mass is 10.0. The highest BCUT2D eigenvalue weighted by Gasteiger charge is 2.45. The summed E-state index contributed by atoms with van der Waals surface area (Å²) in [6, 6.07) is 16.6. The van der Waals surface area contributed by atoms with Gasteiger partial charge in [0.2, 0.25) is 5.76 Å². The molecule has 158 valence electrons. The van der Waals surface area contributed by atoms with Gasteiger partial charge < -0.3 is 4.42 Å². The van der Waals surface area contributed by atoms with Gasteiger partial charge in [-0.1, -0.05) is 49.4 Å². The maximum absolute atomic E-state index is 13.6. The van der Waals surface area contributed by atoms with E-state index in [1.165, 1.54) is 28.2 Å². The standard InChI is InChI=1S/C25H18N2O3S2/c1-13(2)14-9-10-16-19(12-14)32-25(26-16)27-21(18-8-5-11-31-18)20-22(28)15-6-3-4-7-17(15)30-23(20)24(27)29/h3-13,21H,1-2H3. The number of rotatable bonds is 3. The highest BCUT2D eigenvalue weighted by Crippen LogP contribution is 2.44. The Kier molecular flexibility index (Phi) is 4.31. The first-order valence-corrected chi connectivity index (χ1v) is 12.1. The molecule has 0 fully saturated rings. The van der Waals surface area contributed by atoms with Crippen LogP contribution in [0.15, 0.2) is 69.2 Å². The van der Waals surface area contributed by atoms with Crippen molar-refractivity contribution in [1.82, 2.24) is 4.98 Å². The summed E-state index contributed by atoms with van der Waals surface area (Å²) in [6.45, 7) is 4.30. The van der Waals surface area contributed by atoms with Gasteiger partial charge in [-0.15, -0.1) is 11.3 Å². The Morgan fingerprint density at radius 2 is 1.91 bits per heavy atom. The van der Waals surface area contributed by atoms with Crippen LogP contribution in [0.4, 0.5) is 5.13 Å². The lowest BCUT2D eigenvalue weighted by Crippen LogP contribution is -2.28. The summed E-state index contributed by atoms with van der Waals surface area (Å²) in [6.07, 6.45) is 0. The quantitative estimate of drug-likeness (QED) is 0.317. The van der Waals surface area contributed by atoms with E-state index in [0.717, 1.165) is 15.1 Å². The van der Waals surface area contributed by atoms with Gasteiger partial charge in [-0.2, -0.15) is 0 Å². The first kappa shape index (κ1) is 19.4. The zero-order valence-electron chi connectivity index (χ0n) is 17.4. The number of fused-ring (bicyclic) bond motifs is 3. The average molecular weight is 459 g/mol. The minimum Gasteiger partial charge on any atom is -0.450 e. The molecule has 3 aromatic heterocycles. The lowest BCUT2D eigenvalue weighted by Gasteiger charge is -2.20. The summed E-state index contributed by atoms with van der Waals surface area (Å²) in [5.41, 5.74) is 2.70. The molecular weight excluding hydrogens is 440 g/mol. The normalized spacial score (nSPS) is 15.9. The molecule has 1 amide bonds. The Hall–Kier alpha value is -3.29. The van der Waals surface area contributed by atoms with Gasteiger partial charge in [0.25, 0.3) is 5.91 Å². The van der Waals surface area contributed by atoms with Crippen LogP contribution in [0.2, 0.25) is 0 Å². The van der Waals surface area contributed by atoms with Crippen molar-refractivity contribution >= 4 is 54.9 Å². The van der Waals surface area contributed by atoms with Crippen molar-refractivity contribution in [1.29, 1.82) is 0 Å². The smallest absolute Gasteiger partial charge is 0.297 e. The predicted octanol–water partition coefficient (Wildman–Crippen LogP) is 6.34. The highest BCUT2D eigenvalue weighted by molar-refractivity contribution is 7.22. The fourth-order valence-electron chi connectivity index (χ4n) is 4.22. The van der Waals surface area contributed by atoms with Crippen molar-refractivity contribution in [3.05, 3.63) is 92.0 Å². The number of thiazole rings is 1. The molecule has 5 aromatic rings. The third-order valence-corrected chi connectivity index (χ3v) is 7.81. The molecule has 1 unspecified atom stereocenters. The van der Waals surface area contributed by atoms with Crippen LogP contribution in [0.25, 0.3) is 21.2 Å². The molecule has 32 heavy (non-hydrogen) atoms. The topological polar surface area (TPSA) is 63.4 Å². The summed E-state index contributed by atoms with van der Waals surface area (Å²) < 4.78 is 7.01. The van der Waals surface area contributed by atoms with Crippen LogP contribution >= 0.6 is 22.7 Å². The second kappa shape index (κ2) is 7.12. The molecule has 0 N–H and O–H groups in total. The Labute approximate surface area is 191 Å². The van der Waals surface area contributed by atoms with E-state index in [1.807, 2.05) is 23.6 Å². The molecule has 0 radical (unpaired) electrons. The molecule has 1 atom stereocenters. The number of carbonyl (C=O) groups excluding carboxylic acids is 1. The third kappa shape index (κ3) is 2.78. The molecule has 5 nitrogen and oxygen atoms in total. The van der Waals surface area contributed by atoms with Crippen molar-refractivity contribution in [3.63, 3.8) is 0 Å². The van der Waals surface area contributed by atoms with Gasteiger partial charge in [-0.25, -0.2) is 4.98 Å². The van der Waals surface area contributed by atoms with Crippen LogP contribution in [-0.4, -0.2) is 10.9 Å². The third-order valence-electron chi connectivity index (χ3n) is 5.86. The van der Waals surface area contributed by atoms with Crippen LogP contribution in [0.5, 0.6) is 0 Å². The maximum Gasteiger partial charge on any atom is 0.297 e. The van der Waals surface area contributed by atoms with Gasteiger partial charge in [0, 0.05) is 4.88 Å². The number of para-hydroxylation sites is 1. The lowest BCUT2D eigenvalue weighted by molar-refractivity contribution is 0.0971. The summed E-state index contributed by atoms with van der Waals surface area (Å²) in [7, 11) is 0. The molecule has 0 aliphatic carbocycles. The van der Waals surface area contributed by atoms with E-state index in [0.29, 0.717) is 27.6 Å². The van der Waals surface area contributed by atoms with Gasteiger partial charge in [-0.3, -0.25) is 14.5 Å². The van der Waals surface area contributed by atoms with E-state index in [9.17, 15) is 9.59 Å². The zero-order valence-corrected chi connectivity index (χ0v) is 19.0. The Bertz CT molecular complexity index is 1560. The summed E-state index contributed by atoms with van der Waals surface area (Å²) in [4.78, 5) is 34.4. The van der Waals surface area contributed by atoms with Gasteiger partial charge in [0.05, 0.1) is 21.2 Å². The fraction of sp³-hybridized carbons (Fsp3) is 0.160. The van der Waals surface area contributed by atoms with Crippen molar-refractivity contribution in [2.45, 2.75) is 25.8 Å². The number of nitrogens with zero attached hydrogens (tertiary/aromatic N) is 2. The second-order valence-electron chi connectivity index (χ2n) is 8.14. The molecule has 1 aliphatic heterocycles. The highest BCUT2D eigenvalue weighted by atomic mass is 32.1. The minimum absolute atomic E-state index is 0.106. The number of carbonyl (C=O) groups is 1. The minimum atomic E-state index is -0.552. The summed E-state index contributed by atoms with van der Waals surface area (Å²) >= 11 is 2.98. The van der Waals surface area contributed by atoms with Crippen molar-refractivity contribution in [2.75, 3.05) is 4.90 Å². The van der Waals surface area contributed by atoms with Crippen molar-refractivity contribution in [2.24, 2.45) is 0 Å². The van der Waals surface area contributed by atoms with E-state index < -0.39 is 6.04 Å². The Morgan fingerprint density at radius 3 is 2.69 bits per heavy atom. The van der Waals surface area contributed by atoms with E-state index >= 15 is 0 Å². The Morgan fingerprint density at radius 1 is 1.06 bits per heavy atom. The number of amides is 1. The molecule has 7 heteroatoms. The summed E-state index contributed by atoms with van der Waals surface area (Å²) in [5.74, 6) is 0.175. The van der Waals surface area contributed by atoms with E-state index in [4.69, 9.17) is 9.40 Å². The molecule has 4 heterocycles. The van der Waals surface area contributed by atoms with E-state index in [-0.39, 0.29) is 17.1 Å². The van der Waals surface area contributed by atoms with E-state index in [1.54, 1.807) is 29.2 Å².